The SMILES string of the molecule is CN(C)C1CN(Cc2ccc(-c3cc4nccc(Oc5ccc(CC(=O)c6c7c(cn(-c8ccc(F)cc8)c6=O)CCO7)cc5F)c4s3)nc2)C1. The molecular formula is C39H33F2N5O4S. The summed E-state index contributed by atoms with van der Waals surface area (Å²) in [5, 5.41) is 0. The van der Waals surface area contributed by atoms with E-state index in [0.717, 1.165) is 40.5 Å². The third-order valence-corrected chi connectivity index (χ3v) is 10.5. The van der Waals surface area contributed by atoms with E-state index in [1.54, 1.807) is 24.5 Å². The molecule has 6 aromatic rings. The largest absolute Gasteiger partial charge is 0.492 e. The van der Waals surface area contributed by atoms with Gasteiger partial charge in [-0.25, -0.2) is 8.78 Å². The van der Waals surface area contributed by atoms with Crippen molar-refractivity contribution >= 4 is 27.3 Å². The van der Waals surface area contributed by atoms with Crippen molar-refractivity contribution in [2.75, 3.05) is 33.8 Å². The molecule has 12 heteroatoms. The van der Waals surface area contributed by atoms with Crippen LogP contribution in [0.4, 0.5) is 8.78 Å². The molecule has 2 aliphatic rings. The number of ketones is 1. The van der Waals surface area contributed by atoms with Crippen LogP contribution < -0.4 is 15.0 Å². The lowest BCUT2D eigenvalue weighted by molar-refractivity contribution is 0.0573. The molecular weight excluding hydrogens is 673 g/mol. The van der Waals surface area contributed by atoms with E-state index in [-0.39, 0.29) is 23.5 Å². The number of aromatic nitrogens is 3. The molecule has 8 rings (SSSR count). The number of hydrogen-bond acceptors (Lipinski definition) is 9. The number of pyridine rings is 3. The van der Waals surface area contributed by atoms with Crippen LogP contribution in [-0.4, -0.2) is 70.0 Å². The van der Waals surface area contributed by atoms with Crippen molar-refractivity contribution in [2.24, 2.45) is 0 Å². The van der Waals surface area contributed by atoms with Crippen molar-refractivity contribution in [3.05, 3.63) is 130 Å². The first-order valence-electron chi connectivity index (χ1n) is 16.6. The second-order valence-corrected chi connectivity index (χ2v) is 14.1. The maximum atomic E-state index is 15.5. The molecule has 1 fully saturated rings. The van der Waals surface area contributed by atoms with Gasteiger partial charge >= 0.3 is 0 Å². The number of fused-ring (bicyclic) bond motifs is 2. The fourth-order valence-corrected chi connectivity index (χ4v) is 7.51. The van der Waals surface area contributed by atoms with Gasteiger partial charge in [-0.15, -0.1) is 11.3 Å². The van der Waals surface area contributed by atoms with Crippen molar-refractivity contribution in [1.29, 1.82) is 0 Å². The normalized spacial score (nSPS) is 14.5. The van der Waals surface area contributed by atoms with Crippen LogP contribution in [0.25, 0.3) is 26.5 Å². The Bertz CT molecular complexity index is 2330. The highest BCUT2D eigenvalue weighted by Gasteiger charge is 2.29. The van der Waals surface area contributed by atoms with Crippen molar-refractivity contribution in [3.63, 3.8) is 0 Å². The van der Waals surface area contributed by atoms with E-state index in [4.69, 9.17) is 14.5 Å². The Hall–Kier alpha value is -5.30. The van der Waals surface area contributed by atoms with Gasteiger partial charge in [-0.1, -0.05) is 12.1 Å². The lowest BCUT2D eigenvalue weighted by Crippen LogP contribution is -2.56. The second kappa shape index (κ2) is 13.4. The van der Waals surface area contributed by atoms with E-state index in [1.165, 1.54) is 52.3 Å². The number of Topliss-reactive ketones (excluding diaryl/α,β-unsaturated/α-hetero) is 1. The molecule has 9 nitrogen and oxygen atoms in total. The van der Waals surface area contributed by atoms with Crippen molar-refractivity contribution in [2.45, 2.75) is 25.4 Å². The molecule has 0 N–H and O–H groups in total. The highest BCUT2D eigenvalue weighted by Crippen LogP contribution is 2.39. The highest BCUT2D eigenvalue weighted by molar-refractivity contribution is 7.22. The van der Waals surface area contributed by atoms with Crippen LogP contribution in [0.1, 0.15) is 27.0 Å². The predicted molar refractivity (Wildman–Crippen MR) is 191 cm³/mol. The van der Waals surface area contributed by atoms with Gasteiger partial charge in [0.05, 0.1) is 27.4 Å². The predicted octanol–water partition coefficient (Wildman–Crippen LogP) is 6.69. The number of nitrogens with zero attached hydrogens (tertiary/aromatic N) is 5. The topological polar surface area (TPSA) is 89.8 Å². The monoisotopic (exact) mass is 705 g/mol. The van der Waals surface area contributed by atoms with Gasteiger partial charge in [0.25, 0.3) is 5.56 Å². The first-order chi connectivity index (χ1) is 24.7. The molecule has 0 atom stereocenters. The minimum Gasteiger partial charge on any atom is -0.492 e. The van der Waals surface area contributed by atoms with Crippen LogP contribution in [0.5, 0.6) is 17.2 Å². The number of rotatable bonds is 10. The maximum absolute atomic E-state index is 15.5. The quantitative estimate of drug-likeness (QED) is 0.146. The first kappa shape index (κ1) is 32.9. The molecule has 0 bridgehead atoms. The average molecular weight is 706 g/mol. The molecule has 0 amide bonds. The van der Waals surface area contributed by atoms with E-state index in [1.807, 2.05) is 18.3 Å². The molecule has 2 aliphatic heterocycles. The number of thiophene rings is 1. The zero-order chi connectivity index (χ0) is 35.2. The first-order valence-corrected chi connectivity index (χ1v) is 17.4. The van der Waals surface area contributed by atoms with Gasteiger partial charge in [0, 0.05) is 74.4 Å². The lowest BCUT2D eigenvalue weighted by Gasteiger charge is -2.42. The molecule has 6 heterocycles. The summed E-state index contributed by atoms with van der Waals surface area (Å²) in [5.74, 6) is -0.924. The number of carbonyl (C=O) groups is 1. The molecule has 0 spiro atoms. The number of halogens is 2. The van der Waals surface area contributed by atoms with Gasteiger partial charge in [-0.2, -0.15) is 0 Å². The lowest BCUT2D eigenvalue weighted by atomic mass is 10.0. The van der Waals surface area contributed by atoms with Crippen molar-refractivity contribution in [1.82, 2.24) is 24.3 Å². The Morgan fingerprint density at radius 1 is 1.00 bits per heavy atom. The van der Waals surface area contributed by atoms with Gasteiger partial charge in [0.1, 0.15) is 22.9 Å². The summed E-state index contributed by atoms with van der Waals surface area (Å²) >= 11 is 1.47. The van der Waals surface area contributed by atoms with E-state index in [2.05, 4.69) is 34.9 Å². The summed E-state index contributed by atoms with van der Waals surface area (Å²) in [7, 11) is 4.22. The Morgan fingerprint density at radius 2 is 1.80 bits per heavy atom. The zero-order valence-corrected chi connectivity index (χ0v) is 28.8. The minimum absolute atomic E-state index is 0.0128. The number of likely N-dealkylation sites (N-methyl/N-ethyl adjacent to an activating group) is 1. The summed E-state index contributed by atoms with van der Waals surface area (Å²) < 4.78 is 42.9. The minimum atomic E-state index is -0.656. The van der Waals surface area contributed by atoms with E-state index < -0.39 is 23.0 Å². The van der Waals surface area contributed by atoms with Crippen LogP contribution in [-0.2, 0) is 19.4 Å². The van der Waals surface area contributed by atoms with Gasteiger partial charge in [-0.3, -0.25) is 29.0 Å². The number of carbonyl (C=O) groups excluding carboxylic acids is 1. The van der Waals surface area contributed by atoms with Crippen molar-refractivity contribution < 1.29 is 23.0 Å². The molecule has 0 unspecified atom stereocenters. The van der Waals surface area contributed by atoms with Gasteiger partial charge in [0.2, 0.25) is 0 Å². The third-order valence-electron chi connectivity index (χ3n) is 9.35. The molecule has 258 valence electrons. The van der Waals surface area contributed by atoms with E-state index in [9.17, 15) is 14.0 Å². The number of benzene rings is 2. The van der Waals surface area contributed by atoms with Crippen molar-refractivity contribution in [3.8, 4) is 33.5 Å². The van der Waals surface area contributed by atoms with Crippen LogP contribution in [0.2, 0.25) is 0 Å². The Kier molecular flexibility index (Phi) is 8.66. The van der Waals surface area contributed by atoms with Crippen LogP contribution in [0, 0.1) is 11.6 Å². The fraction of sp³-hybridized carbons (Fsp3) is 0.231. The molecule has 51 heavy (non-hydrogen) atoms. The molecule has 4 aromatic heterocycles. The smallest absolute Gasteiger partial charge is 0.269 e. The van der Waals surface area contributed by atoms with E-state index in [0.29, 0.717) is 47.2 Å². The molecule has 0 radical (unpaired) electrons. The van der Waals surface area contributed by atoms with Crippen LogP contribution >= 0.6 is 11.3 Å². The summed E-state index contributed by atoms with van der Waals surface area (Å²) in [6.07, 6.45) is 5.43. The van der Waals surface area contributed by atoms with Gasteiger partial charge in [-0.05, 0) is 73.8 Å². The Morgan fingerprint density at radius 3 is 2.55 bits per heavy atom. The Labute approximate surface area is 296 Å². The summed E-state index contributed by atoms with van der Waals surface area (Å²) in [4.78, 5) is 41.9. The standard InChI is InChI=1S/C39H33F2N5O4S/c1-44(2)28-21-45(22-28)19-24-3-9-30(43-18-24)35-17-31-38(51-35)34(11-13-42-31)50-33-10-4-23(15-29(33)41)16-32(47)36-37-25(12-14-49-37)20-46(39(36)48)27-7-5-26(40)6-8-27/h3-11,13,15,17-18,20,28H,12,14,16,19,21-22H2,1-2H3. The van der Waals surface area contributed by atoms with Crippen LogP contribution in [0.3, 0.4) is 0 Å². The molecule has 1 saturated heterocycles. The highest BCUT2D eigenvalue weighted by atomic mass is 32.1. The van der Waals surface area contributed by atoms with Gasteiger partial charge < -0.3 is 14.4 Å². The Balaban J connectivity index is 0.987. The second-order valence-electron chi connectivity index (χ2n) is 13.1. The zero-order valence-electron chi connectivity index (χ0n) is 27.9. The molecule has 0 aliphatic carbocycles. The van der Waals surface area contributed by atoms with E-state index >= 15 is 4.39 Å². The average Bonchev–Trinajstić information content (AvgIpc) is 3.75. The van der Waals surface area contributed by atoms with Crippen LogP contribution in [0.15, 0.2) is 90.1 Å². The van der Waals surface area contributed by atoms with Gasteiger partial charge in [0.15, 0.2) is 17.3 Å². The number of hydrogen-bond donors (Lipinski definition) is 0. The number of ether oxygens (including phenoxy) is 2. The summed E-state index contributed by atoms with van der Waals surface area (Å²) in [6.45, 7) is 3.29. The summed E-state index contributed by atoms with van der Waals surface area (Å²) in [6, 6.07) is 18.1. The fourth-order valence-electron chi connectivity index (χ4n) is 6.47. The third kappa shape index (κ3) is 6.53. The maximum Gasteiger partial charge on any atom is 0.269 e. The molecule has 0 saturated carbocycles. The molecule has 2 aromatic carbocycles. The number of likely N-dealkylation sites (tertiary alicyclic amines) is 1. The summed E-state index contributed by atoms with van der Waals surface area (Å²) in [5.41, 5.74) is 3.48.